The molecule has 1 aromatic carbocycles. The Kier molecular flexibility index (Phi) is 8.52. The van der Waals surface area contributed by atoms with Gasteiger partial charge < -0.3 is 10.6 Å². The molecular formula is C22H38N4O2S. The van der Waals surface area contributed by atoms with Gasteiger partial charge in [0.25, 0.3) is 0 Å². The molecule has 0 aliphatic carbocycles. The maximum atomic E-state index is 11.8. The van der Waals surface area contributed by atoms with E-state index in [-0.39, 0.29) is 0 Å². The monoisotopic (exact) mass is 422 g/mol. The van der Waals surface area contributed by atoms with Gasteiger partial charge in [-0.05, 0) is 61.9 Å². The number of rotatable bonds is 7. The normalized spacial score (nSPS) is 18.1. The number of likely N-dealkylation sites (tertiary alicyclic amines) is 1. The first-order chi connectivity index (χ1) is 13.6. The Bertz CT molecular complexity index is 797. The van der Waals surface area contributed by atoms with Crippen molar-refractivity contribution in [2.75, 3.05) is 32.9 Å². The topological polar surface area (TPSA) is 73.8 Å². The average molecular weight is 423 g/mol. The number of nitrogens with one attached hydrogen (secondary N) is 2. The van der Waals surface area contributed by atoms with Gasteiger partial charge in [0.05, 0.1) is 4.90 Å². The number of benzene rings is 1. The predicted octanol–water partition coefficient (Wildman–Crippen LogP) is 2.82. The first kappa shape index (κ1) is 23.7. The molecule has 7 heteroatoms. The highest BCUT2D eigenvalue weighted by atomic mass is 32.2. The highest BCUT2D eigenvalue weighted by molar-refractivity contribution is 7.90. The summed E-state index contributed by atoms with van der Waals surface area (Å²) in [4.78, 5) is 7.35. The quantitative estimate of drug-likeness (QED) is 0.522. The number of guanidine groups is 1. The molecule has 164 valence electrons. The van der Waals surface area contributed by atoms with Crippen LogP contribution >= 0.6 is 0 Å². The molecule has 1 fully saturated rings. The minimum Gasteiger partial charge on any atom is -0.355 e. The zero-order valence-corrected chi connectivity index (χ0v) is 19.6. The summed E-state index contributed by atoms with van der Waals surface area (Å²) in [5.74, 6) is 2.17. The molecule has 2 rings (SSSR count). The lowest BCUT2D eigenvalue weighted by Crippen LogP contribution is -2.51. The van der Waals surface area contributed by atoms with Crippen LogP contribution in [-0.4, -0.2) is 58.3 Å². The Balaban J connectivity index is 1.92. The van der Waals surface area contributed by atoms with Gasteiger partial charge >= 0.3 is 0 Å². The van der Waals surface area contributed by atoms with E-state index in [9.17, 15) is 8.42 Å². The van der Waals surface area contributed by atoms with E-state index >= 15 is 0 Å². The minimum absolute atomic E-state index is 0.388. The Morgan fingerprint density at radius 3 is 2.41 bits per heavy atom. The van der Waals surface area contributed by atoms with Crippen LogP contribution in [-0.2, 0) is 16.4 Å². The van der Waals surface area contributed by atoms with Crippen molar-refractivity contribution < 1.29 is 8.42 Å². The molecule has 0 spiro atoms. The summed E-state index contributed by atoms with van der Waals surface area (Å²) in [6, 6.07) is 5.94. The molecule has 1 heterocycles. The van der Waals surface area contributed by atoms with Crippen LogP contribution in [0, 0.1) is 18.8 Å². The Morgan fingerprint density at radius 1 is 1.24 bits per heavy atom. The van der Waals surface area contributed by atoms with Gasteiger partial charge in [-0.25, -0.2) is 8.42 Å². The van der Waals surface area contributed by atoms with Crippen LogP contribution in [0.3, 0.4) is 0 Å². The number of sulfone groups is 1. The van der Waals surface area contributed by atoms with E-state index in [2.05, 4.69) is 41.3 Å². The summed E-state index contributed by atoms with van der Waals surface area (Å²) < 4.78 is 23.6. The first-order valence-corrected chi connectivity index (χ1v) is 12.5. The van der Waals surface area contributed by atoms with Gasteiger partial charge in [0.15, 0.2) is 15.8 Å². The van der Waals surface area contributed by atoms with Crippen molar-refractivity contribution in [2.24, 2.45) is 16.8 Å². The summed E-state index contributed by atoms with van der Waals surface area (Å²) in [5, 5.41) is 6.83. The third kappa shape index (κ3) is 7.00. The number of piperidine rings is 1. The fourth-order valence-electron chi connectivity index (χ4n) is 3.99. The fraction of sp³-hybridized carbons (Fsp3) is 0.682. The molecule has 1 aliphatic heterocycles. The van der Waals surface area contributed by atoms with Crippen molar-refractivity contribution in [3.05, 3.63) is 29.3 Å². The molecule has 6 nitrogen and oxygen atoms in total. The van der Waals surface area contributed by atoms with Crippen LogP contribution in [0.5, 0.6) is 0 Å². The molecule has 1 aliphatic rings. The van der Waals surface area contributed by atoms with E-state index in [1.54, 1.807) is 13.1 Å². The fourth-order valence-corrected chi connectivity index (χ4v) is 4.95. The van der Waals surface area contributed by atoms with Gasteiger partial charge in [-0.3, -0.25) is 9.89 Å². The molecule has 0 bridgehead atoms. The molecule has 29 heavy (non-hydrogen) atoms. The summed E-state index contributed by atoms with van der Waals surface area (Å²) in [7, 11) is -1.41. The number of aryl methyl sites for hydroxylation is 1. The molecule has 0 radical (unpaired) electrons. The highest BCUT2D eigenvalue weighted by Gasteiger charge is 2.25. The van der Waals surface area contributed by atoms with Crippen LogP contribution in [0.2, 0.25) is 0 Å². The number of nitrogens with zero attached hydrogens (tertiary/aromatic N) is 2. The Morgan fingerprint density at radius 2 is 1.90 bits per heavy atom. The number of hydrogen-bond acceptors (Lipinski definition) is 4. The second-order valence-corrected chi connectivity index (χ2v) is 10.7. The second-order valence-electron chi connectivity index (χ2n) is 8.71. The SMILES string of the molecule is CN=C(NCc1ccc(S(C)(=O)=O)c(C)c1)NCC(C(C)C)N1CCC(C)CC1. The van der Waals surface area contributed by atoms with E-state index in [4.69, 9.17) is 0 Å². The van der Waals surface area contributed by atoms with Gasteiger partial charge in [0.2, 0.25) is 0 Å². The van der Waals surface area contributed by atoms with Crippen LogP contribution in [0.25, 0.3) is 0 Å². The maximum Gasteiger partial charge on any atom is 0.191 e. The van der Waals surface area contributed by atoms with Crippen molar-refractivity contribution in [3.63, 3.8) is 0 Å². The third-order valence-electron chi connectivity index (χ3n) is 5.86. The van der Waals surface area contributed by atoms with E-state index in [0.29, 0.717) is 23.4 Å². The van der Waals surface area contributed by atoms with Crippen molar-refractivity contribution in [3.8, 4) is 0 Å². The summed E-state index contributed by atoms with van der Waals surface area (Å²) >= 11 is 0. The van der Waals surface area contributed by atoms with E-state index in [0.717, 1.165) is 29.5 Å². The molecule has 1 unspecified atom stereocenters. The van der Waals surface area contributed by atoms with Crippen molar-refractivity contribution in [1.82, 2.24) is 15.5 Å². The molecule has 1 aromatic rings. The lowest BCUT2D eigenvalue weighted by molar-refractivity contribution is 0.110. The Labute approximate surface area is 177 Å². The number of hydrogen-bond donors (Lipinski definition) is 2. The van der Waals surface area contributed by atoms with Crippen LogP contribution < -0.4 is 10.6 Å². The lowest BCUT2D eigenvalue weighted by atomic mass is 9.94. The molecule has 0 saturated carbocycles. The predicted molar refractivity (Wildman–Crippen MR) is 121 cm³/mol. The average Bonchev–Trinajstić information content (AvgIpc) is 2.64. The van der Waals surface area contributed by atoms with Crippen molar-refractivity contribution in [2.45, 2.75) is 58.0 Å². The summed E-state index contributed by atoms with van der Waals surface area (Å²) in [6.45, 7) is 12.5. The minimum atomic E-state index is -3.19. The van der Waals surface area contributed by atoms with Crippen LogP contribution in [0.4, 0.5) is 0 Å². The van der Waals surface area contributed by atoms with Crippen molar-refractivity contribution >= 4 is 15.8 Å². The van der Waals surface area contributed by atoms with Crippen LogP contribution in [0.15, 0.2) is 28.1 Å². The lowest BCUT2D eigenvalue weighted by Gasteiger charge is -2.39. The molecule has 1 atom stereocenters. The molecule has 0 aromatic heterocycles. The summed E-state index contributed by atoms with van der Waals surface area (Å²) in [5.41, 5.74) is 1.80. The van der Waals surface area contributed by atoms with Gasteiger partial charge in [0.1, 0.15) is 0 Å². The molecule has 1 saturated heterocycles. The van der Waals surface area contributed by atoms with Gasteiger partial charge in [-0.2, -0.15) is 0 Å². The van der Waals surface area contributed by atoms with E-state index in [1.807, 2.05) is 19.1 Å². The second kappa shape index (κ2) is 10.4. The van der Waals surface area contributed by atoms with E-state index in [1.165, 1.54) is 32.2 Å². The van der Waals surface area contributed by atoms with Gasteiger partial charge in [-0.15, -0.1) is 0 Å². The van der Waals surface area contributed by atoms with E-state index < -0.39 is 9.84 Å². The molecule has 2 N–H and O–H groups in total. The third-order valence-corrected chi connectivity index (χ3v) is 7.11. The zero-order valence-electron chi connectivity index (χ0n) is 18.8. The Hall–Kier alpha value is -1.60. The largest absolute Gasteiger partial charge is 0.355 e. The maximum absolute atomic E-state index is 11.8. The highest BCUT2D eigenvalue weighted by Crippen LogP contribution is 2.21. The number of aliphatic imine (C=N–C) groups is 1. The summed E-state index contributed by atoms with van der Waals surface area (Å²) in [6.07, 6.45) is 3.80. The first-order valence-electron chi connectivity index (χ1n) is 10.6. The van der Waals surface area contributed by atoms with Gasteiger partial charge in [0, 0.05) is 32.4 Å². The van der Waals surface area contributed by atoms with Crippen molar-refractivity contribution in [1.29, 1.82) is 0 Å². The smallest absolute Gasteiger partial charge is 0.191 e. The van der Waals surface area contributed by atoms with Gasteiger partial charge in [-0.1, -0.05) is 32.9 Å². The molecular weight excluding hydrogens is 384 g/mol. The zero-order chi connectivity index (χ0) is 21.6. The standard InChI is InChI=1S/C22H38N4O2S/c1-16(2)20(26-11-9-17(3)10-12-26)15-25-22(23-5)24-14-19-7-8-21(18(4)13-19)29(6,27)28/h7-8,13,16-17,20H,9-12,14-15H2,1-6H3,(H2,23,24,25). The van der Waals surface area contributed by atoms with Crippen LogP contribution in [0.1, 0.15) is 44.7 Å². The molecule has 0 amide bonds.